The minimum absolute atomic E-state index is 0.178. The molecule has 0 aliphatic carbocycles. The first-order valence-electron chi connectivity index (χ1n) is 11.1. The van der Waals surface area contributed by atoms with Gasteiger partial charge in [0.05, 0.1) is 0 Å². The lowest BCUT2D eigenvalue weighted by Crippen LogP contribution is -2.20. The van der Waals surface area contributed by atoms with Crippen LogP contribution in [0.3, 0.4) is 0 Å². The molecule has 0 atom stereocenters. The summed E-state index contributed by atoms with van der Waals surface area (Å²) in [5, 5.41) is 2.94. The van der Waals surface area contributed by atoms with Crippen LogP contribution in [0.4, 0.5) is 11.6 Å². The van der Waals surface area contributed by atoms with E-state index >= 15 is 0 Å². The van der Waals surface area contributed by atoms with Crippen molar-refractivity contribution in [3.8, 4) is 22.6 Å². The van der Waals surface area contributed by atoms with Crippen molar-refractivity contribution in [1.82, 2.24) is 9.97 Å². The summed E-state index contributed by atoms with van der Waals surface area (Å²) >= 11 is 0. The number of carbonyl (C=O) groups is 1. The van der Waals surface area contributed by atoms with Crippen molar-refractivity contribution in [3.05, 3.63) is 96.8 Å². The fraction of sp³-hybridized carbons (Fsp3) is 0.148. The fourth-order valence-corrected chi connectivity index (χ4v) is 3.82. The predicted molar refractivity (Wildman–Crippen MR) is 130 cm³/mol. The average molecular weight is 437 g/mol. The Morgan fingerprint density at radius 1 is 0.788 bits per heavy atom. The Hall–Kier alpha value is -4.19. The summed E-state index contributed by atoms with van der Waals surface area (Å²) in [7, 11) is 0. The standard InChI is InChI=1S/C27H24N4O2/c32-26(30-23-11-13-25(14-12-23)33-24-9-2-1-3-10-24)21-8-6-7-20(17-21)22-18-28-27(29-19-22)31-15-4-5-16-31/h1-3,6-14,17-19H,4-5,15-16H2,(H,30,32). The first kappa shape index (κ1) is 20.7. The number of ether oxygens (including phenoxy) is 1. The van der Waals surface area contributed by atoms with Gasteiger partial charge < -0.3 is 15.0 Å². The molecule has 0 spiro atoms. The first-order valence-corrected chi connectivity index (χ1v) is 11.1. The van der Waals surface area contributed by atoms with Crippen molar-refractivity contribution in [2.45, 2.75) is 12.8 Å². The number of rotatable bonds is 6. The van der Waals surface area contributed by atoms with E-state index in [-0.39, 0.29) is 5.91 Å². The monoisotopic (exact) mass is 436 g/mol. The third kappa shape index (κ3) is 5.01. The van der Waals surface area contributed by atoms with Gasteiger partial charge in [-0.2, -0.15) is 0 Å². The number of para-hydroxylation sites is 1. The lowest BCUT2D eigenvalue weighted by molar-refractivity contribution is 0.102. The average Bonchev–Trinajstić information content (AvgIpc) is 3.41. The Balaban J connectivity index is 1.25. The summed E-state index contributed by atoms with van der Waals surface area (Å²) in [4.78, 5) is 24.1. The van der Waals surface area contributed by atoms with Crippen LogP contribution < -0.4 is 15.0 Å². The smallest absolute Gasteiger partial charge is 0.255 e. The van der Waals surface area contributed by atoms with Gasteiger partial charge in [-0.25, -0.2) is 9.97 Å². The minimum atomic E-state index is -0.178. The van der Waals surface area contributed by atoms with Gasteiger partial charge in [0.15, 0.2) is 0 Å². The molecule has 33 heavy (non-hydrogen) atoms. The number of benzene rings is 3. The highest BCUT2D eigenvalue weighted by molar-refractivity contribution is 6.05. The third-order valence-corrected chi connectivity index (χ3v) is 5.58. The topological polar surface area (TPSA) is 67.3 Å². The molecule has 0 bridgehead atoms. The molecular weight excluding hydrogens is 412 g/mol. The van der Waals surface area contributed by atoms with Crippen molar-refractivity contribution >= 4 is 17.5 Å². The highest BCUT2D eigenvalue weighted by Gasteiger charge is 2.15. The zero-order valence-corrected chi connectivity index (χ0v) is 18.1. The molecule has 0 unspecified atom stereocenters. The zero-order valence-electron chi connectivity index (χ0n) is 18.1. The maximum absolute atomic E-state index is 12.8. The number of aromatic nitrogens is 2. The van der Waals surface area contributed by atoms with E-state index in [0.717, 1.165) is 35.9 Å². The van der Waals surface area contributed by atoms with Crippen LogP contribution in [-0.4, -0.2) is 29.0 Å². The number of nitrogens with one attached hydrogen (secondary N) is 1. The molecule has 2 heterocycles. The Morgan fingerprint density at radius 2 is 1.48 bits per heavy atom. The summed E-state index contributed by atoms with van der Waals surface area (Å²) in [6, 6.07) is 24.4. The molecule has 1 aliphatic rings. The number of hydrogen-bond acceptors (Lipinski definition) is 5. The number of carbonyl (C=O) groups excluding carboxylic acids is 1. The van der Waals surface area contributed by atoms with E-state index in [1.165, 1.54) is 12.8 Å². The summed E-state index contributed by atoms with van der Waals surface area (Å²) in [5.74, 6) is 2.06. The van der Waals surface area contributed by atoms with E-state index < -0.39 is 0 Å². The molecule has 1 amide bonds. The van der Waals surface area contributed by atoms with Gasteiger partial charge in [0.1, 0.15) is 11.5 Å². The summed E-state index contributed by atoms with van der Waals surface area (Å²) in [6.07, 6.45) is 6.02. The second kappa shape index (κ2) is 9.53. The van der Waals surface area contributed by atoms with Crippen LogP contribution in [0, 0.1) is 0 Å². The largest absolute Gasteiger partial charge is 0.457 e. The molecule has 6 heteroatoms. The fourth-order valence-electron chi connectivity index (χ4n) is 3.82. The lowest BCUT2D eigenvalue weighted by atomic mass is 10.1. The molecule has 1 aromatic heterocycles. The van der Waals surface area contributed by atoms with E-state index in [9.17, 15) is 4.79 Å². The van der Waals surface area contributed by atoms with Crippen molar-refractivity contribution in [2.75, 3.05) is 23.3 Å². The van der Waals surface area contributed by atoms with Crippen molar-refractivity contribution in [1.29, 1.82) is 0 Å². The van der Waals surface area contributed by atoms with Crippen LogP contribution in [0.15, 0.2) is 91.3 Å². The van der Waals surface area contributed by atoms with Crippen LogP contribution >= 0.6 is 0 Å². The highest BCUT2D eigenvalue weighted by atomic mass is 16.5. The van der Waals surface area contributed by atoms with Crippen molar-refractivity contribution in [2.24, 2.45) is 0 Å². The molecule has 164 valence electrons. The van der Waals surface area contributed by atoms with Crippen LogP contribution in [0.25, 0.3) is 11.1 Å². The van der Waals surface area contributed by atoms with Gasteiger partial charge in [-0.3, -0.25) is 4.79 Å². The Morgan fingerprint density at radius 3 is 2.21 bits per heavy atom. The number of hydrogen-bond donors (Lipinski definition) is 1. The second-order valence-electron chi connectivity index (χ2n) is 7.94. The molecule has 1 N–H and O–H groups in total. The zero-order chi connectivity index (χ0) is 22.5. The molecule has 1 fully saturated rings. The summed E-state index contributed by atoms with van der Waals surface area (Å²) in [5.41, 5.74) is 3.06. The normalized spacial score (nSPS) is 13.0. The summed E-state index contributed by atoms with van der Waals surface area (Å²) < 4.78 is 5.80. The third-order valence-electron chi connectivity index (χ3n) is 5.58. The molecule has 1 saturated heterocycles. The van der Waals surface area contributed by atoms with Gasteiger partial charge in [-0.1, -0.05) is 30.3 Å². The first-order chi connectivity index (χ1) is 16.2. The van der Waals surface area contributed by atoms with Crippen LogP contribution in [0.2, 0.25) is 0 Å². The predicted octanol–water partition coefficient (Wildman–Crippen LogP) is 5.79. The maximum Gasteiger partial charge on any atom is 0.255 e. The molecular formula is C27H24N4O2. The van der Waals surface area contributed by atoms with Crippen LogP contribution in [-0.2, 0) is 0 Å². The Labute approximate surface area is 192 Å². The summed E-state index contributed by atoms with van der Waals surface area (Å²) in [6.45, 7) is 2.02. The minimum Gasteiger partial charge on any atom is -0.457 e. The van der Waals surface area contributed by atoms with E-state index in [1.54, 1.807) is 6.07 Å². The van der Waals surface area contributed by atoms with E-state index in [4.69, 9.17) is 4.74 Å². The van der Waals surface area contributed by atoms with Gasteiger partial charge in [-0.15, -0.1) is 0 Å². The molecule has 0 saturated carbocycles. The van der Waals surface area contributed by atoms with E-state index in [2.05, 4.69) is 20.2 Å². The van der Waals surface area contributed by atoms with Crippen molar-refractivity contribution in [3.63, 3.8) is 0 Å². The van der Waals surface area contributed by atoms with Gasteiger partial charge in [0.2, 0.25) is 5.95 Å². The van der Waals surface area contributed by atoms with Gasteiger partial charge in [0.25, 0.3) is 5.91 Å². The number of amides is 1. The number of anilines is 2. The van der Waals surface area contributed by atoms with Crippen LogP contribution in [0.1, 0.15) is 23.2 Å². The van der Waals surface area contributed by atoms with Crippen molar-refractivity contribution < 1.29 is 9.53 Å². The molecule has 3 aromatic carbocycles. The molecule has 1 aliphatic heterocycles. The quantitative estimate of drug-likeness (QED) is 0.414. The molecule has 0 radical (unpaired) electrons. The van der Waals surface area contributed by atoms with Gasteiger partial charge in [0, 0.05) is 42.3 Å². The molecule has 6 nitrogen and oxygen atoms in total. The Kier molecular flexibility index (Phi) is 5.97. The SMILES string of the molecule is O=C(Nc1ccc(Oc2ccccc2)cc1)c1cccc(-c2cnc(N3CCCC3)nc2)c1. The number of nitrogens with zero attached hydrogens (tertiary/aromatic N) is 3. The molecule has 5 rings (SSSR count). The Bertz CT molecular complexity index is 1220. The van der Waals surface area contributed by atoms with Crippen LogP contribution in [0.5, 0.6) is 11.5 Å². The lowest BCUT2D eigenvalue weighted by Gasteiger charge is -2.14. The van der Waals surface area contributed by atoms with E-state index in [1.807, 2.05) is 85.2 Å². The maximum atomic E-state index is 12.8. The van der Waals surface area contributed by atoms with Gasteiger partial charge in [-0.05, 0) is 66.9 Å². The second-order valence-corrected chi connectivity index (χ2v) is 7.94. The van der Waals surface area contributed by atoms with Gasteiger partial charge >= 0.3 is 0 Å². The van der Waals surface area contributed by atoms with E-state index in [0.29, 0.717) is 17.0 Å². The highest BCUT2D eigenvalue weighted by Crippen LogP contribution is 2.24. The molecule has 4 aromatic rings.